The minimum Gasteiger partial charge on any atom is -0.333 e. The van der Waals surface area contributed by atoms with Crippen molar-refractivity contribution in [1.29, 1.82) is 0 Å². The predicted molar refractivity (Wildman–Crippen MR) is 83.4 cm³/mol. The number of halogens is 2. The molecule has 2 unspecified atom stereocenters. The zero-order valence-corrected chi connectivity index (χ0v) is 12.9. The van der Waals surface area contributed by atoms with Gasteiger partial charge >= 0.3 is 0 Å². The van der Waals surface area contributed by atoms with Gasteiger partial charge in [0.2, 0.25) is 0 Å². The van der Waals surface area contributed by atoms with Crippen LogP contribution in [0.4, 0.5) is 10.1 Å². The van der Waals surface area contributed by atoms with E-state index in [4.69, 9.17) is 4.99 Å². The molecule has 0 bridgehead atoms. The van der Waals surface area contributed by atoms with Crippen LogP contribution in [0.2, 0.25) is 0 Å². The monoisotopic (exact) mass is 342 g/mol. The van der Waals surface area contributed by atoms with E-state index < -0.39 is 0 Å². The highest BCUT2D eigenvalue weighted by Crippen LogP contribution is 2.34. The third kappa shape index (κ3) is 3.14. The number of hydrogen-bond acceptors (Lipinski definition) is 3. The highest BCUT2D eigenvalue weighted by Gasteiger charge is 2.29. The first-order valence-electron chi connectivity index (χ1n) is 6.65. The zero-order chi connectivity index (χ0) is 13.2. The summed E-state index contributed by atoms with van der Waals surface area (Å²) in [6, 6.07) is 5.36. The lowest BCUT2D eigenvalue weighted by Crippen LogP contribution is -2.31. The number of fused-ring (bicyclic) bond motifs is 1. The number of nitrogens with one attached hydrogen (secondary N) is 1. The lowest BCUT2D eigenvalue weighted by atomic mass is 9.86. The summed E-state index contributed by atoms with van der Waals surface area (Å²) in [6.07, 6.45) is 5.07. The van der Waals surface area contributed by atoms with Crippen LogP contribution in [-0.2, 0) is 0 Å². The Morgan fingerprint density at radius 3 is 3.05 bits per heavy atom. The van der Waals surface area contributed by atoms with Crippen LogP contribution >= 0.6 is 27.7 Å². The number of aliphatic imine (C=N–C) groups is 1. The van der Waals surface area contributed by atoms with Crippen molar-refractivity contribution in [2.75, 3.05) is 11.1 Å². The second-order valence-corrected chi connectivity index (χ2v) is 7.03. The van der Waals surface area contributed by atoms with E-state index in [9.17, 15) is 4.39 Å². The SMILES string of the molecule is Fc1ccc(Br)cc1NC1=NC2CCCCC2CS1. The molecule has 1 aromatic carbocycles. The average molecular weight is 343 g/mol. The number of hydrogen-bond donors (Lipinski definition) is 1. The Morgan fingerprint density at radius 1 is 1.32 bits per heavy atom. The van der Waals surface area contributed by atoms with Gasteiger partial charge in [0, 0.05) is 10.2 Å². The molecule has 1 aliphatic carbocycles. The van der Waals surface area contributed by atoms with Crippen LogP contribution in [0.15, 0.2) is 27.7 Å². The van der Waals surface area contributed by atoms with Gasteiger partial charge in [-0.3, -0.25) is 4.99 Å². The highest BCUT2D eigenvalue weighted by atomic mass is 79.9. The van der Waals surface area contributed by atoms with Crippen LogP contribution in [0.3, 0.4) is 0 Å². The molecular formula is C14H16BrFN2S. The first-order valence-corrected chi connectivity index (χ1v) is 8.43. The topological polar surface area (TPSA) is 24.4 Å². The van der Waals surface area contributed by atoms with Crippen molar-refractivity contribution in [2.24, 2.45) is 10.9 Å². The van der Waals surface area contributed by atoms with E-state index in [2.05, 4.69) is 21.2 Å². The second kappa shape index (κ2) is 5.83. The summed E-state index contributed by atoms with van der Waals surface area (Å²) in [5.74, 6) is 1.58. The summed E-state index contributed by atoms with van der Waals surface area (Å²) in [6.45, 7) is 0. The van der Waals surface area contributed by atoms with E-state index in [0.717, 1.165) is 21.3 Å². The van der Waals surface area contributed by atoms with Crippen molar-refractivity contribution in [1.82, 2.24) is 0 Å². The molecule has 3 rings (SSSR count). The van der Waals surface area contributed by atoms with Gasteiger partial charge in [-0.15, -0.1) is 0 Å². The van der Waals surface area contributed by atoms with Crippen molar-refractivity contribution in [3.63, 3.8) is 0 Å². The Bertz CT molecular complexity index is 506. The molecule has 1 aliphatic heterocycles. The quantitative estimate of drug-likeness (QED) is 0.802. The Balaban J connectivity index is 1.76. The van der Waals surface area contributed by atoms with E-state index in [1.54, 1.807) is 23.9 Å². The van der Waals surface area contributed by atoms with E-state index in [1.165, 1.54) is 31.7 Å². The summed E-state index contributed by atoms with van der Waals surface area (Å²) in [4.78, 5) is 4.76. The number of nitrogens with zero attached hydrogens (tertiary/aromatic N) is 1. The maximum atomic E-state index is 13.7. The summed E-state index contributed by atoms with van der Waals surface area (Å²) >= 11 is 5.08. The van der Waals surface area contributed by atoms with Gasteiger partial charge < -0.3 is 5.32 Å². The molecule has 2 aliphatic rings. The van der Waals surface area contributed by atoms with Crippen LogP contribution in [0, 0.1) is 11.7 Å². The van der Waals surface area contributed by atoms with Gasteiger partial charge in [-0.2, -0.15) is 0 Å². The van der Waals surface area contributed by atoms with Crippen LogP contribution < -0.4 is 5.32 Å². The summed E-state index contributed by atoms with van der Waals surface area (Å²) in [5.41, 5.74) is 0.495. The first-order chi connectivity index (χ1) is 9.22. The number of thioether (sulfide) groups is 1. The smallest absolute Gasteiger partial charge is 0.161 e. The molecule has 1 aromatic rings. The minimum absolute atomic E-state index is 0.239. The molecule has 1 saturated carbocycles. The van der Waals surface area contributed by atoms with E-state index in [0.29, 0.717) is 11.7 Å². The van der Waals surface area contributed by atoms with Gasteiger partial charge in [0.25, 0.3) is 0 Å². The normalized spacial score (nSPS) is 26.5. The number of rotatable bonds is 1. The van der Waals surface area contributed by atoms with Gasteiger partial charge in [-0.05, 0) is 37.0 Å². The lowest BCUT2D eigenvalue weighted by Gasteiger charge is -2.32. The van der Waals surface area contributed by atoms with Gasteiger partial charge in [-0.25, -0.2) is 4.39 Å². The standard InChI is InChI=1S/C14H16BrFN2S/c15-10-5-6-11(16)13(7-10)18-14-17-12-4-2-1-3-9(12)8-19-14/h5-7,9,12H,1-4,8H2,(H,17,18). The Labute approximate surface area is 125 Å². The zero-order valence-electron chi connectivity index (χ0n) is 10.5. The maximum absolute atomic E-state index is 13.7. The largest absolute Gasteiger partial charge is 0.333 e. The predicted octanol–water partition coefficient (Wildman–Crippen LogP) is 4.66. The highest BCUT2D eigenvalue weighted by molar-refractivity contribution is 9.10. The molecule has 102 valence electrons. The van der Waals surface area contributed by atoms with Crippen molar-refractivity contribution in [2.45, 2.75) is 31.7 Å². The van der Waals surface area contributed by atoms with Gasteiger partial charge in [0.15, 0.2) is 5.17 Å². The minimum atomic E-state index is -0.239. The average Bonchev–Trinajstić information content (AvgIpc) is 2.43. The molecule has 0 radical (unpaired) electrons. The maximum Gasteiger partial charge on any atom is 0.161 e. The Hall–Kier alpha value is -0.550. The fraction of sp³-hybridized carbons (Fsp3) is 0.500. The third-order valence-electron chi connectivity index (χ3n) is 3.76. The fourth-order valence-corrected chi connectivity index (χ4v) is 4.22. The van der Waals surface area contributed by atoms with Gasteiger partial charge in [0.1, 0.15) is 5.82 Å². The molecule has 5 heteroatoms. The molecule has 2 atom stereocenters. The lowest BCUT2D eigenvalue weighted by molar-refractivity contribution is 0.336. The van der Waals surface area contributed by atoms with Crippen molar-refractivity contribution in [3.8, 4) is 0 Å². The number of amidine groups is 1. The molecule has 0 spiro atoms. The molecule has 2 nitrogen and oxygen atoms in total. The van der Waals surface area contributed by atoms with Crippen molar-refractivity contribution < 1.29 is 4.39 Å². The van der Waals surface area contributed by atoms with Gasteiger partial charge in [-0.1, -0.05) is 40.5 Å². The van der Waals surface area contributed by atoms with Crippen LogP contribution in [0.5, 0.6) is 0 Å². The molecule has 1 fully saturated rings. The molecule has 0 aromatic heterocycles. The fourth-order valence-electron chi connectivity index (χ4n) is 2.70. The van der Waals surface area contributed by atoms with Crippen LogP contribution in [-0.4, -0.2) is 17.0 Å². The van der Waals surface area contributed by atoms with Crippen LogP contribution in [0.25, 0.3) is 0 Å². The first kappa shape index (κ1) is 13.4. The number of anilines is 1. The summed E-state index contributed by atoms with van der Waals surface area (Å²) in [5, 5.41) is 3.99. The molecule has 1 heterocycles. The third-order valence-corrected chi connectivity index (χ3v) is 5.33. The van der Waals surface area contributed by atoms with E-state index in [1.807, 2.05) is 0 Å². The molecule has 0 amide bonds. The Kier molecular flexibility index (Phi) is 4.12. The molecule has 19 heavy (non-hydrogen) atoms. The van der Waals surface area contributed by atoms with Gasteiger partial charge in [0.05, 0.1) is 11.7 Å². The summed E-state index contributed by atoms with van der Waals surface area (Å²) in [7, 11) is 0. The molecule has 0 saturated heterocycles. The van der Waals surface area contributed by atoms with Crippen molar-refractivity contribution in [3.05, 3.63) is 28.5 Å². The van der Waals surface area contributed by atoms with E-state index in [-0.39, 0.29) is 5.82 Å². The Morgan fingerprint density at radius 2 is 2.16 bits per heavy atom. The molecular weight excluding hydrogens is 327 g/mol. The van der Waals surface area contributed by atoms with Crippen molar-refractivity contribution >= 4 is 38.5 Å². The number of benzene rings is 1. The van der Waals surface area contributed by atoms with E-state index >= 15 is 0 Å². The summed E-state index contributed by atoms with van der Waals surface area (Å²) < 4.78 is 14.6. The second-order valence-electron chi connectivity index (χ2n) is 5.11. The molecule has 1 N–H and O–H groups in total. The van der Waals surface area contributed by atoms with Crippen LogP contribution in [0.1, 0.15) is 25.7 Å².